The average Bonchev–Trinajstić information content (AvgIpc) is 3.36. The van der Waals surface area contributed by atoms with E-state index in [1.807, 2.05) is 30.7 Å². The van der Waals surface area contributed by atoms with Crippen LogP contribution in [0.2, 0.25) is 0 Å². The number of aromatic nitrogens is 3. The number of hydrogen-bond acceptors (Lipinski definition) is 3. The van der Waals surface area contributed by atoms with Crippen LogP contribution in [-0.4, -0.2) is 19.6 Å². The Morgan fingerprint density at radius 3 is 2.37 bits per heavy atom. The molecule has 1 aliphatic rings. The highest BCUT2D eigenvalue weighted by Gasteiger charge is 2.42. The molecule has 3 aromatic heterocycles. The molecule has 5 rings (SSSR count). The zero-order valence-electron chi connectivity index (χ0n) is 20.6. The molecule has 6 heteroatoms. The lowest BCUT2D eigenvalue weighted by Gasteiger charge is -2.28. The summed E-state index contributed by atoms with van der Waals surface area (Å²) in [5, 5.41) is 4.31. The number of nitrogens with one attached hydrogen (secondary N) is 1. The topological polar surface area (TPSA) is 46.0 Å². The maximum atomic E-state index is 5.92. The molecule has 5 nitrogen and oxygen atoms in total. The van der Waals surface area contributed by atoms with E-state index in [1.54, 1.807) is 0 Å². The van der Waals surface area contributed by atoms with Crippen LogP contribution in [0.15, 0.2) is 79.3 Å². The van der Waals surface area contributed by atoms with E-state index in [0.29, 0.717) is 5.92 Å². The molecule has 178 valence electrons. The lowest BCUT2D eigenvalue weighted by atomic mass is 9.96. The van der Waals surface area contributed by atoms with E-state index in [0.717, 1.165) is 23.0 Å². The van der Waals surface area contributed by atoms with Gasteiger partial charge in [-0.2, -0.15) is 0 Å². The first-order chi connectivity index (χ1) is 16.9. The van der Waals surface area contributed by atoms with Crippen molar-refractivity contribution in [3.8, 4) is 0 Å². The summed E-state index contributed by atoms with van der Waals surface area (Å²) in [6, 6.07) is 21.3. The molecular formula is C29H31N5S. The normalized spacial score (nSPS) is 17.7. The third kappa shape index (κ3) is 4.46. The molecule has 35 heavy (non-hydrogen) atoms. The maximum Gasteiger partial charge on any atom is 0.174 e. The number of anilines is 1. The molecule has 2 atom stereocenters. The van der Waals surface area contributed by atoms with Gasteiger partial charge in [0.25, 0.3) is 0 Å². The molecule has 4 heterocycles. The van der Waals surface area contributed by atoms with Crippen molar-refractivity contribution in [2.24, 2.45) is 0 Å². The number of rotatable bonds is 6. The van der Waals surface area contributed by atoms with Crippen LogP contribution in [0, 0.1) is 13.8 Å². The number of hydrogen-bond donors (Lipinski definition) is 1. The minimum Gasteiger partial charge on any atom is -0.351 e. The first-order valence-corrected chi connectivity index (χ1v) is 12.5. The smallest absolute Gasteiger partial charge is 0.174 e. The predicted molar refractivity (Wildman–Crippen MR) is 146 cm³/mol. The van der Waals surface area contributed by atoms with Gasteiger partial charge in [0.1, 0.15) is 0 Å². The molecule has 0 aliphatic carbocycles. The Kier molecular flexibility index (Phi) is 6.39. The zero-order valence-corrected chi connectivity index (χ0v) is 21.5. The molecule has 0 unspecified atom stereocenters. The van der Waals surface area contributed by atoms with E-state index < -0.39 is 0 Å². The largest absolute Gasteiger partial charge is 0.351 e. The van der Waals surface area contributed by atoms with Crippen molar-refractivity contribution in [1.29, 1.82) is 0 Å². The Morgan fingerprint density at radius 1 is 0.971 bits per heavy atom. The Labute approximate surface area is 212 Å². The number of pyridine rings is 2. The van der Waals surface area contributed by atoms with Gasteiger partial charge < -0.3 is 14.8 Å². The van der Waals surface area contributed by atoms with Crippen molar-refractivity contribution < 1.29 is 0 Å². The van der Waals surface area contributed by atoms with Crippen LogP contribution in [0.1, 0.15) is 65.6 Å². The van der Waals surface area contributed by atoms with Crippen molar-refractivity contribution in [2.75, 3.05) is 4.90 Å². The molecule has 0 amide bonds. The van der Waals surface area contributed by atoms with Crippen LogP contribution in [0.4, 0.5) is 5.69 Å². The summed E-state index contributed by atoms with van der Waals surface area (Å²) in [5.41, 5.74) is 8.35. The number of thiocarbonyl (C=S) groups is 1. The van der Waals surface area contributed by atoms with E-state index in [-0.39, 0.29) is 12.1 Å². The highest BCUT2D eigenvalue weighted by molar-refractivity contribution is 7.80. The minimum atomic E-state index is -0.0525. The van der Waals surface area contributed by atoms with Gasteiger partial charge in [-0.3, -0.25) is 9.97 Å². The fraction of sp³-hybridized carbons (Fsp3) is 0.276. The van der Waals surface area contributed by atoms with Gasteiger partial charge in [0.15, 0.2) is 5.11 Å². The summed E-state index contributed by atoms with van der Waals surface area (Å²) < 4.78 is 2.38. The van der Waals surface area contributed by atoms with Crippen molar-refractivity contribution >= 4 is 23.0 Å². The molecule has 0 bridgehead atoms. The molecule has 0 radical (unpaired) electrons. The second kappa shape index (κ2) is 9.62. The monoisotopic (exact) mass is 481 g/mol. The molecule has 1 aromatic carbocycles. The van der Waals surface area contributed by atoms with Crippen LogP contribution >= 0.6 is 12.2 Å². The van der Waals surface area contributed by atoms with Crippen molar-refractivity contribution in [2.45, 2.75) is 52.2 Å². The fourth-order valence-electron chi connectivity index (χ4n) is 5.01. The van der Waals surface area contributed by atoms with Crippen LogP contribution in [0.25, 0.3) is 0 Å². The lowest BCUT2D eigenvalue weighted by Crippen LogP contribution is -2.29. The van der Waals surface area contributed by atoms with Gasteiger partial charge in [0.05, 0.1) is 17.8 Å². The average molecular weight is 482 g/mol. The molecular weight excluding hydrogens is 450 g/mol. The quantitative estimate of drug-likeness (QED) is 0.330. The lowest BCUT2D eigenvalue weighted by molar-refractivity contribution is 0.563. The SMILES string of the molecule is Cc1cc([C@H]2[C@H](c3ccccn3)NC(=S)N2c2ccc(C(C)C)cc2)c(C)n1Cc1ccncc1. The molecule has 1 fully saturated rings. The number of nitrogens with zero attached hydrogens (tertiary/aromatic N) is 4. The molecule has 1 saturated heterocycles. The first-order valence-electron chi connectivity index (χ1n) is 12.1. The summed E-state index contributed by atoms with van der Waals surface area (Å²) in [5.74, 6) is 0.483. The zero-order chi connectivity index (χ0) is 24.5. The van der Waals surface area contributed by atoms with Gasteiger partial charge in [0.2, 0.25) is 0 Å². The second-order valence-corrected chi connectivity index (χ2v) is 9.90. The number of benzene rings is 1. The third-order valence-corrected chi connectivity index (χ3v) is 7.27. The van der Waals surface area contributed by atoms with Crippen LogP contribution < -0.4 is 10.2 Å². The van der Waals surface area contributed by atoms with Crippen LogP contribution in [-0.2, 0) is 6.54 Å². The molecule has 1 aliphatic heterocycles. The maximum absolute atomic E-state index is 5.92. The summed E-state index contributed by atoms with van der Waals surface area (Å²) >= 11 is 5.92. The standard InChI is InChI=1S/C29H31N5S/c1-19(2)23-8-10-24(11-9-23)34-28(27(32-29(34)35)26-7-5-6-14-31-26)25-17-20(3)33(21(25)4)18-22-12-15-30-16-13-22/h5-17,19,27-28H,18H2,1-4H3,(H,32,35)/t27-,28-/m0/s1. The molecule has 0 saturated carbocycles. The molecule has 0 spiro atoms. The number of aryl methyl sites for hydroxylation is 1. The van der Waals surface area contributed by atoms with E-state index in [4.69, 9.17) is 17.2 Å². The van der Waals surface area contributed by atoms with Crippen LogP contribution in [0.3, 0.4) is 0 Å². The predicted octanol–water partition coefficient (Wildman–Crippen LogP) is 6.24. The van der Waals surface area contributed by atoms with Gasteiger partial charge in [-0.1, -0.05) is 32.0 Å². The van der Waals surface area contributed by atoms with Gasteiger partial charge in [-0.25, -0.2) is 0 Å². The van der Waals surface area contributed by atoms with E-state index in [2.05, 4.69) is 96.0 Å². The van der Waals surface area contributed by atoms with Gasteiger partial charge in [-0.15, -0.1) is 0 Å². The van der Waals surface area contributed by atoms with Gasteiger partial charge in [-0.05, 0) is 91.1 Å². The highest BCUT2D eigenvalue weighted by atomic mass is 32.1. The summed E-state index contributed by atoms with van der Waals surface area (Å²) in [6.07, 6.45) is 5.55. The van der Waals surface area contributed by atoms with Gasteiger partial charge in [0, 0.05) is 42.2 Å². The molecule has 4 aromatic rings. The van der Waals surface area contributed by atoms with Crippen molar-refractivity contribution in [3.63, 3.8) is 0 Å². The Morgan fingerprint density at radius 2 is 1.71 bits per heavy atom. The van der Waals surface area contributed by atoms with Crippen molar-refractivity contribution in [1.82, 2.24) is 19.9 Å². The Hall–Kier alpha value is -3.51. The summed E-state index contributed by atoms with van der Waals surface area (Å²) in [7, 11) is 0. The molecule has 1 N–H and O–H groups in total. The second-order valence-electron chi connectivity index (χ2n) is 9.51. The Bertz CT molecular complexity index is 1310. The van der Waals surface area contributed by atoms with E-state index in [9.17, 15) is 0 Å². The minimum absolute atomic E-state index is 0.0142. The van der Waals surface area contributed by atoms with Crippen LogP contribution in [0.5, 0.6) is 0 Å². The first kappa shape index (κ1) is 23.2. The third-order valence-electron chi connectivity index (χ3n) is 6.96. The Balaban J connectivity index is 1.60. The van der Waals surface area contributed by atoms with E-state index in [1.165, 1.54) is 28.1 Å². The highest BCUT2D eigenvalue weighted by Crippen LogP contribution is 2.43. The summed E-state index contributed by atoms with van der Waals surface area (Å²) in [4.78, 5) is 11.1. The van der Waals surface area contributed by atoms with E-state index >= 15 is 0 Å². The fourth-order valence-corrected chi connectivity index (χ4v) is 5.36. The van der Waals surface area contributed by atoms with Gasteiger partial charge >= 0.3 is 0 Å². The summed E-state index contributed by atoms with van der Waals surface area (Å²) in [6.45, 7) is 9.63. The van der Waals surface area contributed by atoms with Crippen molar-refractivity contribution in [3.05, 3.63) is 113 Å².